The van der Waals surface area contributed by atoms with Crippen molar-refractivity contribution in [2.24, 2.45) is 0 Å². The number of aromatic nitrogens is 4. The van der Waals surface area contributed by atoms with E-state index in [2.05, 4.69) is 25.4 Å². The molecule has 158 valence electrons. The highest BCUT2D eigenvalue weighted by Gasteiger charge is 2.15. The smallest absolute Gasteiger partial charge is 0.246 e. The summed E-state index contributed by atoms with van der Waals surface area (Å²) in [6, 6.07) is 7.45. The number of thiazole rings is 1. The summed E-state index contributed by atoms with van der Waals surface area (Å²) in [6.45, 7) is 3.12. The van der Waals surface area contributed by atoms with E-state index in [-0.39, 0.29) is 12.5 Å². The predicted molar refractivity (Wildman–Crippen MR) is 119 cm³/mol. The number of piperidine rings is 1. The van der Waals surface area contributed by atoms with E-state index in [1.54, 1.807) is 11.7 Å². The molecule has 4 rings (SSSR count). The Balaban J connectivity index is 1.41. The number of aromatic amines is 1. The summed E-state index contributed by atoms with van der Waals surface area (Å²) >= 11 is 6.77. The third kappa shape index (κ3) is 4.94. The van der Waals surface area contributed by atoms with Crippen molar-refractivity contribution in [3.05, 3.63) is 40.1 Å². The zero-order valence-electron chi connectivity index (χ0n) is 16.8. The molecule has 0 saturated carbocycles. The number of nitrogens with zero attached hydrogens (tertiary/aromatic N) is 4. The van der Waals surface area contributed by atoms with Crippen LogP contribution in [0.4, 0.5) is 5.13 Å². The molecule has 0 aliphatic carbocycles. The monoisotopic (exact) mass is 444 g/mol. The Morgan fingerprint density at radius 1 is 1.27 bits per heavy atom. The lowest BCUT2D eigenvalue weighted by Gasteiger charge is -2.25. The van der Waals surface area contributed by atoms with Crippen molar-refractivity contribution in [1.29, 1.82) is 0 Å². The fourth-order valence-corrected chi connectivity index (χ4v) is 4.43. The van der Waals surface area contributed by atoms with Gasteiger partial charge in [0.25, 0.3) is 0 Å². The van der Waals surface area contributed by atoms with Gasteiger partial charge >= 0.3 is 0 Å². The topological polar surface area (TPSA) is 88.1 Å². The molecule has 1 amide bonds. The van der Waals surface area contributed by atoms with Crippen LogP contribution in [0.15, 0.2) is 29.6 Å². The molecule has 1 aromatic carbocycles. The van der Waals surface area contributed by atoms with Crippen LogP contribution in [0.25, 0.3) is 11.4 Å². The number of methoxy groups -OCH3 is 1. The highest BCUT2D eigenvalue weighted by atomic mass is 32.1. The van der Waals surface area contributed by atoms with E-state index in [4.69, 9.17) is 17.0 Å². The van der Waals surface area contributed by atoms with Crippen molar-refractivity contribution in [2.45, 2.75) is 32.4 Å². The Hall–Kier alpha value is -2.56. The van der Waals surface area contributed by atoms with Crippen molar-refractivity contribution in [3.8, 4) is 17.1 Å². The van der Waals surface area contributed by atoms with E-state index in [0.29, 0.717) is 15.7 Å². The molecule has 0 spiro atoms. The van der Waals surface area contributed by atoms with E-state index in [1.165, 1.54) is 30.6 Å². The number of H-pyrrole nitrogens is 1. The Morgan fingerprint density at radius 2 is 2.03 bits per heavy atom. The van der Waals surface area contributed by atoms with Gasteiger partial charge in [-0.25, -0.2) is 4.98 Å². The Morgan fingerprint density at radius 3 is 2.77 bits per heavy atom. The summed E-state index contributed by atoms with van der Waals surface area (Å²) in [5.74, 6) is 1.16. The number of carbonyl (C=O) groups is 1. The van der Waals surface area contributed by atoms with Gasteiger partial charge in [0.15, 0.2) is 15.7 Å². The number of hydrogen-bond donors (Lipinski definition) is 2. The van der Waals surface area contributed by atoms with Crippen LogP contribution in [-0.4, -0.2) is 50.8 Å². The van der Waals surface area contributed by atoms with Crippen molar-refractivity contribution >= 4 is 34.6 Å². The van der Waals surface area contributed by atoms with Gasteiger partial charge in [-0.2, -0.15) is 5.10 Å². The van der Waals surface area contributed by atoms with Crippen LogP contribution in [0.1, 0.15) is 25.0 Å². The standard InChI is InChI=1S/C20H24N6O2S2/c1-28-16-7-5-14(6-8-16)18-23-24-20(29)26(18)12-17(27)22-19-21-15(13-30-19)11-25-9-3-2-4-10-25/h5-8,13H,2-4,9-12H2,1H3,(H,24,29)(H,21,22,27). The number of carbonyl (C=O) groups excluding carboxylic acids is 1. The molecule has 1 fully saturated rings. The maximum atomic E-state index is 12.6. The van der Waals surface area contributed by atoms with Gasteiger partial charge in [-0.15, -0.1) is 11.3 Å². The first kappa shape index (κ1) is 20.7. The molecule has 1 saturated heterocycles. The van der Waals surface area contributed by atoms with E-state index in [1.807, 2.05) is 29.6 Å². The zero-order chi connectivity index (χ0) is 20.9. The minimum Gasteiger partial charge on any atom is -0.497 e. The number of benzene rings is 1. The highest BCUT2D eigenvalue weighted by Crippen LogP contribution is 2.22. The van der Waals surface area contributed by atoms with Crippen LogP contribution in [0.3, 0.4) is 0 Å². The van der Waals surface area contributed by atoms with Gasteiger partial charge in [0.2, 0.25) is 5.91 Å². The van der Waals surface area contributed by atoms with Gasteiger partial charge in [-0.3, -0.25) is 19.4 Å². The van der Waals surface area contributed by atoms with E-state index >= 15 is 0 Å². The lowest BCUT2D eigenvalue weighted by atomic mass is 10.1. The number of hydrogen-bond acceptors (Lipinski definition) is 7. The first-order chi connectivity index (χ1) is 14.6. The van der Waals surface area contributed by atoms with Crippen LogP contribution in [-0.2, 0) is 17.9 Å². The minimum absolute atomic E-state index is 0.0533. The molecule has 2 aromatic heterocycles. The molecule has 10 heteroatoms. The van der Waals surface area contributed by atoms with Crippen LogP contribution in [0, 0.1) is 4.77 Å². The predicted octanol–water partition coefficient (Wildman–Crippen LogP) is 3.70. The van der Waals surface area contributed by atoms with Crippen molar-refractivity contribution in [1.82, 2.24) is 24.6 Å². The number of rotatable bonds is 7. The zero-order valence-corrected chi connectivity index (χ0v) is 18.4. The highest BCUT2D eigenvalue weighted by molar-refractivity contribution is 7.71. The number of amides is 1. The van der Waals surface area contributed by atoms with Gasteiger partial charge in [-0.05, 0) is 62.4 Å². The third-order valence-electron chi connectivity index (χ3n) is 5.04. The average Bonchev–Trinajstić information content (AvgIpc) is 3.35. The molecule has 8 nitrogen and oxygen atoms in total. The van der Waals surface area contributed by atoms with Crippen LogP contribution >= 0.6 is 23.6 Å². The van der Waals surface area contributed by atoms with Crippen molar-refractivity contribution in [3.63, 3.8) is 0 Å². The number of anilines is 1. The summed E-state index contributed by atoms with van der Waals surface area (Å²) in [5.41, 5.74) is 1.84. The number of nitrogens with one attached hydrogen (secondary N) is 2. The second-order valence-corrected chi connectivity index (χ2v) is 8.44. The van der Waals surface area contributed by atoms with E-state index < -0.39 is 0 Å². The molecule has 30 heavy (non-hydrogen) atoms. The fourth-order valence-electron chi connectivity index (χ4n) is 3.51. The fraction of sp³-hybridized carbons (Fsp3) is 0.400. The molecular weight excluding hydrogens is 420 g/mol. The maximum absolute atomic E-state index is 12.6. The van der Waals surface area contributed by atoms with Gasteiger partial charge in [-0.1, -0.05) is 6.42 Å². The number of ether oxygens (including phenoxy) is 1. The van der Waals surface area contributed by atoms with Gasteiger partial charge in [0.05, 0.1) is 12.8 Å². The van der Waals surface area contributed by atoms with Crippen LogP contribution < -0.4 is 10.1 Å². The molecule has 1 aliphatic heterocycles. The van der Waals surface area contributed by atoms with Crippen molar-refractivity contribution < 1.29 is 9.53 Å². The molecule has 0 unspecified atom stereocenters. The van der Waals surface area contributed by atoms with Crippen LogP contribution in [0.5, 0.6) is 5.75 Å². The van der Waals surface area contributed by atoms with Crippen molar-refractivity contribution in [2.75, 3.05) is 25.5 Å². The van der Waals surface area contributed by atoms with Crippen LogP contribution in [0.2, 0.25) is 0 Å². The lowest BCUT2D eigenvalue weighted by molar-refractivity contribution is -0.116. The summed E-state index contributed by atoms with van der Waals surface area (Å²) in [4.78, 5) is 19.6. The normalized spacial score (nSPS) is 14.6. The third-order valence-corrected chi connectivity index (χ3v) is 6.16. The quantitative estimate of drug-likeness (QED) is 0.540. The average molecular weight is 445 g/mol. The molecule has 0 bridgehead atoms. The molecule has 0 radical (unpaired) electrons. The summed E-state index contributed by atoms with van der Waals surface area (Å²) in [6.07, 6.45) is 3.80. The lowest BCUT2D eigenvalue weighted by Crippen LogP contribution is -2.29. The molecule has 0 atom stereocenters. The summed E-state index contributed by atoms with van der Waals surface area (Å²) in [7, 11) is 1.62. The first-order valence-corrected chi connectivity index (χ1v) is 11.2. The minimum atomic E-state index is -0.193. The molecular formula is C20H24N6O2S2. The van der Waals surface area contributed by atoms with Gasteiger partial charge in [0.1, 0.15) is 12.3 Å². The summed E-state index contributed by atoms with van der Waals surface area (Å²) in [5, 5.41) is 12.5. The Kier molecular flexibility index (Phi) is 6.56. The molecule has 3 aromatic rings. The van der Waals surface area contributed by atoms with Gasteiger partial charge in [0, 0.05) is 17.5 Å². The molecule has 1 aliphatic rings. The Labute approximate surface area is 183 Å². The molecule has 2 N–H and O–H groups in total. The van der Waals surface area contributed by atoms with E-state index in [9.17, 15) is 4.79 Å². The first-order valence-electron chi connectivity index (χ1n) is 9.88. The largest absolute Gasteiger partial charge is 0.497 e. The number of likely N-dealkylation sites (tertiary alicyclic amines) is 1. The van der Waals surface area contributed by atoms with E-state index in [0.717, 1.165) is 36.6 Å². The summed E-state index contributed by atoms with van der Waals surface area (Å²) < 4.78 is 7.26. The SMILES string of the molecule is COc1ccc(-c2n[nH]c(=S)n2CC(=O)Nc2nc(CN3CCCCC3)cs2)cc1. The Bertz CT molecular complexity index is 1050. The molecule has 3 heterocycles. The second kappa shape index (κ2) is 9.50. The van der Waals surface area contributed by atoms with Gasteiger partial charge < -0.3 is 10.1 Å². The maximum Gasteiger partial charge on any atom is 0.246 e. The second-order valence-electron chi connectivity index (χ2n) is 7.20.